The third kappa shape index (κ3) is 2.15. The zero-order valence-corrected chi connectivity index (χ0v) is 9.60. The van der Waals surface area contributed by atoms with Crippen molar-refractivity contribution in [2.45, 2.75) is 6.54 Å². The summed E-state index contributed by atoms with van der Waals surface area (Å²) in [5.41, 5.74) is 5.28. The summed E-state index contributed by atoms with van der Waals surface area (Å²) in [5.74, 6) is 0. The van der Waals surface area contributed by atoms with Crippen molar-refractivity contribution < 1.29 is 0 Å². The number of H-pyrrole nitrogens is 1. The van der Waals surface area contributed by atoms with E-state index < -0.39 is 0 Å². The monoisotopic (exact) mass is 223 g/mol. The molecule has 80 valence electrons. The van der Waals surface area contributed by atoms with Crippen LogP contribution in [-0.2, 0) is 6.54 Å². The van der Waals surface area contributed by atoms with E-state index >= 15 is 0 Å². The Labute approximate surface area is 94.0 Å². The van der Waals surface area contributed by atoms with Gasteiger partial charge in [0.15, 0.2) is 0 Å². The number of nitrogens with zero attached hydrogens (tertiary/aromatic N) is 1. The van der Waals surface area contributed by atoms with E-state index in [1.165, 1.54) is 0 Å². The molecule has 0 fully saturated rings. The van der Waals surface area contributed by atoms with Gasteiger partial charge in [-0.1, -0.05) is 29.8 Å². The minimum absolute atomic E-state index is 0.709. The van der Waals surface area contributed by atoms with Crippen LogP contribution in [0.2, 0.25) is 5.02 Å². The van der Waals surface area contributed by atoms with Crippen LogP contribution in [0.15, 0.2) is 24.3 Å². The molecule has 15 heavy (non-hydrogen) atoms. The van der Waals surface area contributed by atoms with E-state index in [1.807, 2.05) is 43.4 Å². The highest BCUT2D eigenvalue weighted by Gasteiger charge is 2.08. The van der Waals surface area contributed by atoms with E-state index in [4.69, 9.17) is 11.6 Å². The molecule has 0 unspecified atom stereocenters. The van der Waals surface area contributed by atoms with E-state index in [0.29, 0.717) is 6.54 Å². The number of benzene rings is 1. The van der Waals surface area contributed by atoms with Crippen molar-refractivity contribution in [2.24, 2.45) is 0 Å². The topological polar surface area (TPSA) is 31.1 Å². The van der Waals surface area contributed by atoms with Gasteiger partial charge >= 0.3 is 0 Å². The van der Waals surface area contributed by atoms with Gasteiger partial charge in [0.1, 0.15) is 0 Å². The van der Waals surface area contributed by atoms with E-state index in [9.17, 15) is 0 Å². The first-order chi connectivity index (χ1) is 7.18. The first-order valence-electron chi connectivity index (χ1n) is 4.84. The predicted octanol–water partition coefficient (Wildman–Crippen LogP) is 2.39. The lowest BCUT2D eigenvalue weighted by molar-refractivity contribution is 0.284. The molecule has 2 aromatic rings. The molecule has 0 atom stereocenters. The number of nitrogens with one attached hydrogen (secondary N) is 2. The van der Waals surface area contributed by atoms with Gasteiger partial charge in [-0.3, -0.25) is 5.01 Å². The van der Waals surface area contributed by atoms with Gasteiger partial charge in [0, 0.05) is 25.0 Å². The van der Waals surface area contributed by atoms with E-state index in [2.05, 4.69) is 10.4 Å². The van der Waals surface area contributed by atoms with Crippen molar-refractivity contribution in [1.29, 1.82) is 0 Å². The number of aromatic nitrogens is 1. The van der Waals surface area contributed by atoms with Crippen molar-refractivity contribution in [1.82, 2.24) is 15.4 Å². The van der Waals surface area contributed by atoms with E-state index in [1.54, 1.807) is 0 Å². The molecule has 3 nitrogen and oxygen atoms in total. The van der Waals surface area contributed by atoms with E-state index in [-0.39, 0.29) is 0 Å². The Morgan fingerprint density at radius 3 is 2.73 bits per heavy atom. The largest absolute Gasteiger partial charge is 0.356 e. The van der Waals surface area contributed by atoms with E-state index in [0.717, 1.165) is 21.6 Å². The van der Waals surface area contributed by atoms with Crippen LogP contribution in [0.25, 0.3) is 10.9 Å². The Morgan fingerprint density at radius 2 is 2.07 bits per heavy atom. The van der Waals surface area contributed by atoms with Crippen LogP contribution in [0.4, 0.5) is 0 Å². The molecular formula is C11H14ClN3. The average Bonchev–Trinajstić information content (AvgIpc) is 2.54. The normalized spacial score (nSPS) is 11.5. The second kappa shape index (κ2) is 4.23. The lowest BCUT2D eigenvalue weighted by atomic mass is 10.2. The molecule has 0 bridgehead atoms. The first kappa shape index (κ1) is 10.5. The molecule has 4 heteroatoms. The summed E-state index contributed by atoms with van der Waals surface area (Å²) in [7, 11) is 3.91. The zero-order valence-electron chi connectivity index (χ0n) is 8.84. The number of aromatic amines is 1. The minimum Gasteiger partial charge on any atom is -0.356 e. The molecular weight excluding hydrogens is 210 g/mol. The molecule has 0 aliphatic heterocycles. The Hall–Kier alpha value is -1.03. The maximum Gasteiger partial charge on any atom is 0.0705 e. The second-order valence-corrected chi connectivity index (χ2v) is 4.07. The number of fused-ring (bicyclic) bond motifs is 1. The Kier molecular flexibility index (Phi) is 2.95. The average molecular weight is 224 g/mol. The minimum atomic E-state index is 0.709. The highest BCUT2D eigenvalue weighted by atomic mass is 35.5. The Balaban J connectivity index is 2.32. The van der Waals surface area contributed by atoms with Crippen molar-refractivity contribution in [2.75, 3.05) is 14.1 Å². The Morgan fingerprint density at radius 1 is 1.33 bits per heavy atom. The second-order valence-electron chi connectivity index (χ2n) is 3.69. The fraction of sp³-hybridized carbons (Fsp3) is 0.273. The van der Waals surface area contributed by atoms with Gasteiger partial charge in [0.2, 0.25) is 0 Å². The summed E-state index contributed by atoms with van der Waals surface area (Å²) in [6.45, 7) is 0.709. The lowest BCUT2D eigenvalue weighted by Gasteiger charge is -2.10. The molecule has 2 N–H and O–H groups in total. The number of hydrazine groups is 1. The first-order valence-corrected chi connectivity index (χ1v) is 5.22. The standard InChI is InChI=1S/C11H14ClN3/c1-15(2)13-7-10-11(12)8-5-3-4-6-9(8)14-10/h3-6,13-14H,7H2,1-2H3. The smallest absolute Gasteiger partial charge is 0.0705 e. The highest BCUT2D eigenvalue weighted by Crippen LogP contribution is 2.26. The molecule has 0 aliphatic carbocycles. The predicted molar refractivity (Wildman–Crippen MR) is 63.8 cm³/mol. The van der Waals surface area contributed by atoms with Crippen LogP contribution in [-0.4, -0.2) is 24.1 Å². The highest BCUT2D eigenvalue weighted by molar-refractivity contribution is 6.36. The molecule has 2 rings (SSSR count). The molecule has 0 amide bonds. The summed E-state index contributed by atoms with van der Waals surface area (Å²) < 4.78 is 0. The van der Waals surface area contributed by atoms with Crippen molar-refractivity contribution in [3.05, 3.63) is 35.0 Å². The fourth-order valence-electron chi connectivity index (χ4n) is 1.52. The summed E-state index contributed by atoms with van der Waals surface area (Å²) >= 11 is 6.25. The summed E-state index contributed by atoms with van der Waals surface area (Å²) in [4.78, 5) is 3.30. The third-order valence-corrected chi connectivity index (χ3v) is 2.72. The van der Waals surface area contributed by atoms with Crippen molar-refractivity contribution >= 4 is 22.5 Å². The number of hydrogen-bond acceptors (Lipinski definition) is 2. The van der Waals surface area contributed by atoms with Crippen molar-refractivity contribution in [3.63, 3.8) is 0 Å². The van der Waals surface area contributed by atoms with Crippen LogP contribution < -0.4 is 5.43 Å². The molecule has 0 aliphatic rings. The van der Waals surface area contributed by atoms with Crippen LogP contribution in [0.5, 0.6) is 0 Å². The van der Waals surface area contributed by atoms with Gasteiger partial charge in [0.25, 0.3) is 0 Å². The molecule has 1 aromatic heterocycles. The number of rotatable bonds is 3. The summed E-state index contributed by atoms with van der Waals surface area (Å²) in [5, 5.41) is 3.79. The SMILES string of the molecule is CN(C)NCc1[nH]c2ccccc2c1Cl. The fourth-order valence-corrected chi connectivity index (χ4v) is 1.80. The number of para-hydroxylation sites is 1. The molecule has 0 saturated heterocycles. The van der Waals surface area contributed by atoms with Gasteiger partial charge in [-0.05, 0) is 6.07 Å². The van der Waals surface area contributed by atoms with Crippen LogP contribution >= 0.6 is 11.6 Å². The van der Waals surface area contributed by atoms with Crippen LogP contribution in [0.1, 0.15) is 5.69 Å². The number of halogens is 1. The van der Waals surface area contributed by atoms with Crippen LogP contribution in [0, 0.1) is 0 Å². The lowest BCUT2D eigenvalue weighted by Crippen LogP contribution is -2.29. The molecule has 1 heterocycles. The van der Waals surface area contributed by atoms with Gasteiger partial charge in [-0.25, -0.2) is 5.43 Å². The molecule has 0 spiro atoms. The molecule has 0 radical (unpaired) electrons. The maximum atomic E-state index is 6.25. The van der Waals surface area contributed by atoms with Gasteiger partial charge in [-0.15, -0.1) is 0 Å². The van der Waals surface area contributed by atoms with Gasteiger partial charge < -0.3 is 4.98 Å². The molecule has 0 saturated carbocycles. The third-order valence-electron chi connectivity index (χ3n) is 2.29. The number of hydrogen-bond donors (Lipinski definition) is 2. The maximum absolute atomic E-state index is 6.25. The van der Waals surface area contributed by atoms with Gasteiger partial charge in [-0.2, -0.15) is 0 Å². The Bertz CT molecular complexity index is 462. The van der Waals surface area contributed by atoms with Crippen molar-refractivity contribution in [3.8, 4) is 0 Å². The quantitative estimate of drug-likeness (QED) is 0.783. The van der Waals surface area contributed by atoms with Crippen LogP contribution in [0.3, 0.4) is 0 Å². The summed E-state index contributed by atoms with van der Waals surface area (Å²) in [6, 6.07) is 8.04. The van der Waals surface area contributed by atoms with Gasteiger partial charge in [0.05, 0.1) is 17.3 Å². The zero-order chi connectivity index (χ0) is 10.8. The molecule has 1 aromatic carbocycles. The summed E-state index contributed by atoms with van der Waals surface area (Å²) in [6.07, 6.45) is 0.